The third-order valence-electron chi connectivity index (χ3n) is 2.68. The summed E-state index contributed by atoms with van der Waals surface area (Å²) in [5, 5.41) is 8.19. The summed E-state index contributed by atoms with van der Waals surface area (Å²) in [5.74, 6) is 0.792. The van der Waals surface area contributed by atoms with Crippen molar-refractivity contribution in [1.82, 2.24) is 9.97 Å². The molecule has 4 nitrogen and oxygen atoms in total. The van der Waals surface area contributed by atoms with Gasteiger partial charge in [0.05, 0.1) is 15.7 Å². The Labute approximate surface area is 132 Å². The predicted octanol–water partition coefficient (Wildman–Crippen LogP) is 4.16. The summed E-state index contributed by atoms with van der Waals surface area (Å²) in [6, 6.07) is 5.40. The molecule has 1 heterocycles. The lowest BCUT2D eigenvalue weighted by molar-refractivity contribution is 0.934. The first-order valence-corrected chi connectivity index (χ1v) is 7.89. The Kier molecular flexibility index (Phi) is 5.34. The van der Waals surface area contributed by atoms with Crippen LogP contribution in [0.4, 0.5) is 11.5 Å². The Bertz CT molecular complexity index is 587. The van der Waals surface area contributed by atoms with E-state index in [1.807, 2.05) is 19.4 Å². The third kappa shape index (κ3) is 3.48. The Morgan fingerprint density at radius 2 is 1.95 bits per heavy atom. The van der Waals surface area contributed by atoms with Gasteiger partial charge in [-0.2, -0.15) is 0 Å². The Morgan fingerprint density at radius 3 is 2.55 bits per heavy atom. The topological polar surface area (TPSA) is 49.8 Å². The number of hydrogen-bond acceptors (Lipinski definition) is 5. The van der Waals surface area contributed by atoms with Gasteiger partial charge in [-0.05, 0) is 18.4 Å². The molecule has 0 aliphatic rings. The van der Waals surface area contributed by atoms with Gasteiger partial charge in [0, 0.05) is 25.4 Å². The minimum absolute atomic E-state index is 0.536. The van der Waals surface area contributed by atoms with Crippen LogP contribution >= 0.6 is 35.0 Å². The van der Waals surface area contributed by atoms with Crippen LogP contribution in [0.2, 0.25) is 10.0 Å². The van der Waals surface area contributed by atoms with E-state index in [9.17, 15) is 0 Å². The van der Waals surface area contributed by atoms with Crippen LogP contribution in [0.15, 0.2) is 29.6 Å². The molecule has 7 heteroatoms. The van der Waals surface area contributed by atoms with Crippen molar-refractivity contribution >= 4 is 46.5 Å². The molecule has 0 saturated carbocycles. The van der Waals surface area contributed by atoms with E-state index in [1.54, 1.807) is 18.3 Å². The van der Waals surface area contributed by atoms with Gasteiger partial charge in [0.1, 0.15) is 5.82 Å². The van der Waals surface area contributed by atoms with Crippen molar-refractivity contribution in [3.8, 4) is 0 Å². The van der Waals surface area contributed by atoms with Crippen LogP contribution in [-0.4, -0.2) is 23.3 Å². The highest BCUT2D eigenvalue weighted by molar-refractivity contribution is 7.98. The summed E-state index contributed by atoms with van der Waals surface area (Å²) in [6.07, 6.45) is 3.73. The molecule has 0 fully saturated rings. The summed E-state index contributed by atoms with van der Waals surface area (Å²) in [5.41, 5.74) is 1.66. The number of benzene rings is 1. The number of halogens is 2. The largest absolute Gasteiger partial charge is 0.378 e. The molecule has 0 radical (unpaired) electrons. The van der Waals surface area contributed by atoms with Crippen molar-refractivity contribution in [1.29, 1.82) is 0 Å². The lowest BCUT2D eigenvalue weighted by atomic mass is 10.2. The highest BCUT2D eigenvalue weighted by Crippen LogP contribution is 2.30. The van der Waals surface area contributed by atoms with E-state index in [-0.39, 0.29) is 0 Å². The maximum absolute atomic E-state index is 6.12. The molecule has 0 saturated heterocycles. The maximum Gasteiger partial charge on any atom is 0.189 e. The van der Waals surface area contributed by atoms with Gasteiger partial charge in [-0.1, -0.05) is 41.0 Å². The minimum atomic E-state index is 0.536. The van der Waals surface area contributed by atoms with Gasteiger partial charge in [-0.15, -0.1) is 0 Å². The lowest BCUT2D eigenvalue weighted by Crippen LogP contribution is -2.07. The normalized spacial score (nSPS) is 10.4. The van der Waals surface area contributed by atoms with E-state index in [2.05, 4.69) is 20.6 Å². The number of rotatable bonds is 5. The number of nitrogens with zero attached hydrogens (tertiary/aromatic N) is 2. The van der Waals surface area contributed by atoms with Crippen LogP contribution in [0.1, 0.15) is 5.56 Å². The minimum Gasteiger partial charge on any atom is -0.378 e. The van der Waals surface area contributed by atoms with Gasteiger partial charge in [0.25, 0.3) is 0 Å². The van der Waals surface area contributed by atoms with Crippen LogP contribution < -0.4 is 10.6 Å². The van der Waals surface area contributed by atoms with Crippen molar-refractivity contribution < 1.29 is 0 Å². The molecule has 0 bridgehead atoms. The first kappa shape index (κ1) is 15.2. The van der Waals surface area contributed by atoms with Gasteiger partial charge >= 0.3 is 0 Å². The smallest absolute Gasteiger partial charge is 0.189 e. The molecule has 106 valence electrons. The average molecular weight is 329 g/mol. The van der Waals surface area contributed by atoms with Gasteiger partial charge in [-0.25, -0.2) is 9.97 Å². The molecule has 0 atom stereocenters. The summed E-state index contributed by atoms with van der Waals surface area (Å²) in [4.78, 5) is 8.67. The van der Waals surface area contributed by atoms with E-state index < -0.39 is 0 Å². The summed E-state index contributed by atoms with van der Waals surface area (Å²) in [7, 11) is 1.83. The SMILES string of the molecule is CNc1nc(SC)ncc1CNc1c(Cl)cccc1Cl. The standard InChI is InChI=1S/C13H14Cl2N4S/c1-16-12-8(7-18-13(19-12)20-2)6-17-11-9(14)4-3-5-10(11)15/h3-5,7,17H,6H2,1-2H3,(H,16,18,19). The number of aromatic nitrogens is 2. The number of anilines is 2. The van der Waals surface area contributed by atoms with Crippen LogP contribution in [0.25, 0.3) is 0 Å². The summed E-state index contributed by atoms with van der Waals surface area (Å²) >= 11 is 13.7. The van der Waals surface area contributed by atoms with Crippen molar-refractivity contribution in [2.45, 2.75) is 11.7 Å². The zero-order valence-electron chi connectivity index (χ0n) is 11.1. The molecule has 2 rings (SSSR count). The summed E-state index contributed by atoms with van der Waals surface area (Å²) < 4.78 is 0. The first-order chi connectivity index (χ1) is 9.65. The van der Waals surface area contributed by atoms with E-state index in [0.29, 0.717) is 22.3 Å². The van der Waals surface area contributed by atoms with Crippen LogP contribution in [0.5, 0.6) is 0 Å². The molecule has 0 spiro atoms. The fourth-order valence-electron chi connectivity index (χ4n) is 1.69. The van der Waals surface area contributed by atoms with Gasteiger partial charge < -0.3 is 10.6 Å². The summed E-state index contributed by atoms with van der Waals surface area (Å²) in [6.45, 7) is 0.536. The van der Waals surface area contributed by atoms with Crippen molar-refractivity contribution in [3.05, 3.63) is 40.0 Å². The number of thioether (sulfide) groups is 1. The zero-order valence-corrected chi connectivity index (χ0v) is 13.4. The third-order valence-corrected chi connectivity index (χ3v) is 3.87. The fourth-order valence-corrected chi connectivity index (χ4v) is 2.56. The Hall–Kier alpha value is -1.17. The maximum atomic E-state index is 6.12. The number of nitrogens with one attached hydrogen (secondary N) is 2. The molecule has 20 heavy (non-hydrogen) atoms. The van der Waals surface area contributed by atoms with Gasteiger partial charge in [-0.3, -0.25) is 0 Å². The molecule has 2 aromatic rings. The van der Waals surface area contributed by atoms with E-state index >= 15 is 0 Å². The monoisotopic (exact) mass is 328 g/mol. The van der Waals surface area contributed by atoms with Gasteiger partial charge in [0.15, 0.2) is 5.16 Å². The molecular formula is C13H14Cl2N4S. The molecule has 0 aliphatic heterocycles. The van der Waals surface area contributed by atoms with Crippen molar-refractivity contribution in [2.24, 2.45) is 0 Å². The van der Waals surface area contributed by atoms with Crippen molar-refractivity contribution in [2.75, 3.05) is 23.9 Å². The zero-order chi connectivity index (χ0) is 14.5. The Morgan fingerprint density at radius 1 is 1.25 bits per heavy atom. The molecule has 0 aliphatic carbocycles. The van der Waals surface area contributed by atoms with Crippen LogP contribution in [0, 0.1) is 0 Å². The van der Waals surface area contributed by atoms with E-state index in [0.717, 1.165) is 16.5 Å². The Balaban J connectivity index is 2.19. The van der Waals surface area contributed by atoms with Crippen LogP contribution in [0.3, 0.4) is 0 Å². The second-order valence-electron chi connectivity index (χ2n) is 3.93. The quantitative estimate of drug-likeness (QED) is 0.637. The van der Waals surface area contributed by atoms with Crippen LogP contribution in [-0.2, 0) is 6.54 Å². The molecule has 1 aromatic carbocycles. The highest BCUT2D eigenvalue weighted by atomic mass is 35.5. The van der Waals surface area contributed by atoms with Gasteiger partial charge in [0.2, 0.25) is 0 Å². The van der Waals surface area contributed by atoms with E-state index in [1.165, 1.54) is 11.8 Å². The second-order valence-corrected chi connectivity index (χ2v) is 5.52. The second kappa shape index (κ2) is 7.02. The number of hydrogen-bond donors (Lipinski definition) is 2. The predicted molar refractivity (Wildman–Crippen MR) is 87.1 cm³/mol. The molecule has 0 unspecified atom stereocenters. The fraction of sp³-hybridized carbons (Fsp3) is 0.231. The molecular weight excluding hydrogens is 315 g/mol. The van der Waals surface area contributed by atoms with Crippen molar-refractivity contribution in [3.63, 3.8) is 0 Å². The molecule has 2 N–H and O–H groups in total. The van der Waals surface area contributed by atoms with E-state index in [4.69, 9.17) is 23.2 Å². The highest BCUT2D eigenvalue weighted by Gasteiger charge is 2.08. The first-order valence-electron chi connectivity index (χ1n) is 5.91. The molecule has 0 amide bonds. The lowest BCUT2D eigenvalue weighted by Gasteiger charge is -2.12. The molecule has 1 aromatic heterocycles. The number of para-hydroxylation sites is 1. The average Bonchev–Trinajstić information content (AvgIpc) is 2.46.